The molecule has 23 heavy (non-hydrogen) atoms. The van der Waals surface area contributed by atoms with Crippen molar-refractivity contribution < 1.29 is 8.78 Å². The molecule has 4 heteroatoms. The fourth-order valence-electron chi connectivity index (χ4n) is 2.57. The molecule has 0 aliphatic heterocycles. The lowest BCUT2D eigenvalue weighted by Gasteiger charge is -2.13. The van der Waals surface area contributed by atoms with Crippen LogP contribution in [0.4, 0.5) is 8.78 Å². The van der Waals surface area contributed by atoms with Crippen molar-refractivity contribution in [2.45, 2.75) is 6.42 Å². The zero-order valence-electron chi connectivity index (χ0n) is 12.1. The monoisotopic (exact) mass is 306 g/mol. The van der Waals surface area contributed by atoms with E-state index in [9.17, 15) is 8.78 Å². The van der Waals surface area contributed by atoms with Crippen molar-refractivity contribution >= 4 is 0 Å². The van der Waals surface area contributed by atoms with Crippen LogP contribution < -0.4 is 0 Å². The Morgan fingerprint density at radius 2 is 1.39 bits per heavy atom. The van der Waals surface area contributed by atoms with E-state index in [1.165, 1.54) is 24.3 Å². The molecule has 1 heterocycles. The average Bonchev–Trinajstić information content (AvgIpc) is 2.55. The molecule has 0 atom stereocenters. The molecule has 0 saturated carbocycles. The van der Waals surface area contributed by atoms with Gasteiger partial charge >= 0.3 is 0 Å². The van der Waals surface area contributed by atoms with E-state index in [1.54, 1.807) is 36.7 Å². The molecule has 2 aromatic carbocycles. The van der Waals surface area contributed by atoms with E-state index in [0.717, 1.165) is 0 Å². The number of rotatable bonds is 3. The molecule has 0 amide bonds. The van der Waals surface area contributed by atoms with Crippen molar-refractivity contribution in [2.24, 2.45) is 0 Å². The zero-order chi connectivity index (χ0) is 16.2. The van der Waals surface area contributed by atoms with E-state index < -0.39 is 0 Å². The van der Waals surface area contributed by atoms with E-state index in [4.69, 9.17) is 5.26 Å². The fraction of sp³-hybridized carbons (Fsp3) is 0.0526. The number of nitriles is 1. The van der Waals surface area contributed by atoms with Crippen molar-refractivity contribution in [3.63, 3.8) is 0 Å². The van der Waals surface area contributed by atoms with Crippen molar-refractivity contribution in [3.8, 4) is 28.3 Å². The number of hydrogen-bond donors (Lipinski definition) is 0. The van der Waals surface area contributed by atoms with Crippen LogP contribution in [-0.4, -0.2) is 4.98 Å². The van der Waals surface area contributed by atoms with Crippen LogP contribution in [0.3, 0.4) is 0 Å². The number of pyridine rings is 1. The fourth-order valence-corrected chi connectivity index (χ4v) is 2.57. The van der Waals surface area contributed by atoms with Gasteiger partial charge in [0.15, 0.2) is 0 Å². The van der Waals surface area contributed by atoms with Crippen LogP contribution in [0.5, 0.6) is 0 Å². The summed E-state index contributed by atoms with van der Waals surface area (Å²) in [7, 11) is 0. The van der Waals surface area contributed by atoms with Crippen LogP contribution in [0.2, 0.25) is 0 Å². The highest BCUT2D eigenvalue weighted by atomic mass is 19.1. The maximum atomic E-state index is 13.5. The zero-order valence-corrected chi connectivity index (χ0v) is 12.1. The molecule has 0 spiro atoms. The van der Waals surface area contributed by atoms with Gasteiger partial charge < -0.3 is 0 Å². The van der Waals surface area contributed by atoms with Crippen molar-refractivity contribution in [1.29, 1.82) is 5.26 Å². The van der Waals surface area contributed by atoms with E-state index in [-0.39, 0.29) is 18.1 Å². The van der Waals surface area contributed by atoms with Gasteiger partial charge in [-0.3, -0.25) is 4.98 Å². The largest absolute Gasteiger partial charge is 0.263 e. The van der Waals surface area contributed by atoms with E-state index in [2.05, 4.69) is 11.1 Å². The van der Waals surface area contributed by atoms with Gasteiger partial charge in [-0.15, -0.1) is 0 Å². The highest BCUT2D eigenvalue weighted by molar-refractivity contribution is 5.77. The molecule has 0 saturated heterocycles. The van der Waals surface area contributed by atoms with Gasteiger partial charge in [-0.25, -0.2) is 8.78 Å². The molecule has 0 bridgehead atoms. The first-order chi connectivity index (χ1) is 11.2. The molecule has 1 aromatic heterocycles. The first-order valence-corrected chi connectivity index (χ1v) is 7.05. The maximum Gasteiger partial charge on any atom is 0.123 e. The molecular formula is C19H12F2N2. The van der Waals surface area contributed by atoms with Gasteiger partial charge in [0.25, 0.3) is 0 Å². The molecule has 2 nitrogen and oxygen atoms in total. The molecule has 0 aliphatic rings. The number of halogens is 2. The molecule has 0 unspecified atom stereocenters. The summed E-state index contributed by atoms with van der Waals surface area (Å²) < 4.78 is 27.0. The first-order valence-electron chi connectivity index (χ1n) is 7.05. The molecule has 112 valence electrons. The Hall–Kier alpha value is -3.06. The summed E-state index contributed by atoms with van der Waals surface area (Å²) in [6.07, 6.45) is 3.33. The number of hydrogen-bond acceptors (Lipinski definition) is 2. The molecule has 0 fully saturated rings. The second-order valence-electron chi connectivity index (χ2n) is 5.07. The van der Waals surface area contributed by atoms with E-state index >= 15 is 0 Å². The topological polar surface area (TPSA) is 36.7 Å². The quantitative estimate of drug-likeness (QED) is 0.699. The van der Waals surface area contributed by atoms with Gasteiger partial charge in [-0.2, -0.15) is 5.26 Å². The minimum Gasteiger partial charge on any atom is -0.263 e. The maximum absolute atomic E-state index is 13.5. The van der Waals surface area contributed by atoms with Gasteiger partial charge in [0.1, 0.15) is 11.6 Å². The lowest BCUT2D eigenvalue weighted by atomic mass is 9.92. The molecule has 0 N–H and O–H groups in total. The van der Waals surface area contributed by atoms with Crippen LogP contribution in [0.15, 0.2) is 60.9 Å². The lowest BCUT2D eigenvalue weighted by Crippen LogP contribution is -1.96. The minimum absolute atomic E-state index is 0.125. The van der Waals surface area contributed by atoms with Crippen molar-refractivity contribution in [1.82, 2.24) is 4.98 Å². The smallest absolute Gasteiger partial charge is 0.123 e. The third-order valence-electron chi connectivity index (χ3n) is 3.58. The SMILES string of the molecule is N#CCc1c(-c2cccc(F)c2)cncc1-c1cccc(F)c1. The third-order valence-corrected chi connectivity index (χ3v) is 3.58. The van der Waals surface area contributed by atoms with Crippen molar-refractivity contribution in [2.75, 3.05) is 0 Å². The summed E-state index contributed by atoms with van der Waals surface area (Å²) in [4.78, 5) is 4.19. The molecule has 0 radical (unpaired) electrons. The Bertz CT molecular complexity index is 834. The number of benzene rings is 2. The Labute approximate surface area is 132 Å². The second-order valence-corrected chi connectivity index (χ2v) is 5.07. The minimum atomic E-state index is -0.360. The van der Waals surface area contributed by atoms with E-state index in [0.29, 0.717) is 27.8 Å². The summed E-state index contributed by atoms with van der Waals surface area (Å²) in [5, 5.41) is 9.15. The summed E-state index contributed by atoms with van der Waals surface area (Å²) in [6, 6.07) is 14.4. The average molecular weight is 306 g/mol. The van der Waals surface area contributed by atoms with Crippen LogP contribution in [0, 0.1) is 23.0 Å². The van der Waals surface area contributed by atoms with Crippen LogP contribution >= 0.6 is 0 Å². The van der Waals surface area contributed by atoms with Crippen LogP contribution in [0.25, 0.3) is 22.3 Å². The summed E-state index contributed by atoms with van der Waals surface area (Å²) in [5.41, 5.74) is 3.33. The predicted molar refractivity (Wildman–Crippen MR) is 84.3 cm³/mol. The summed E-state index contributed by atoms with van der Waals surface area (Å²) in [5.74, 6) is -0.719. The third kappa shape index (κ3) is 3.09. The number of nitrogens with zero attached hydrogens (tertiary/aromatic N) is 2. The lowest BCUT2D eigenvalue weighted by molar-refractivity contribution is 0.628. The molecule has 3 aromatic rings. The van der Waals surface area contributed by atoms with Crippen LogP contribution in [0.1, 0.15) is 5.56 Å². The van der Waals surface area contributed by atoms with Gasteiger partial charge in [-0.05, 0) is 41.0 Å². The highest BCUT2D eigenvalue weighted by Gasteiger charge is 2.13. The highest BCUT2D eigenvalue weighted by Crippen LogP contribution is 2.32. The molecular weight excluding hydrogens is 294 g/mol. The number of aromatic nitrogens is 1. The Morgan fingerprint density at radius 3 is 1.83 bits per heavy atom. The van der Waals surface area contributed by atoms with Crippen LogP contribution in [-0.2, 0) is 6.42 Å². The normalized spacial score (nSPS) is 10.3. The Kier molecular flexibility index (Phi) is 4.11. The van der Waals surface area contributed by atoms with Gasteiger partial charge in [0.05, 0.1) is 12.5 Å². The Morgan fingerprint density at radius 1 is 0.870 bits per heavy atom. The standard InChI is InChI=1S/C19H12F2N2/c20-15-5-1-3-13(9-15)18-11-23-12-19(17(18)7-8-22)14-4-2-6-16(21)10-14/h1-6,9-12H,7H2. The molecule has 3 rings (SSSR count). The van der Waals surface area contributed by atoms with Crippen molar-refractivity contribution in [3.05, 3.63) is 78.1 Å². The summed E-state index contributed by atoms with van der Waals surface area (Å²) in [6.45, 7) is 0. The summed E-state index contributed by atoms with van der Waals surface area (Å²) >= 11 is 0. The van der Waals surface area contributed by atoms with Gasteiger partial charge in [-0.1, -0.05) is 24.3 Å². The van der Waals surface area contributed by atoms with Gasteiger partial charge in [0.2, 0.25) is 0 Å². The first kappa shape index (κ1) is 14.9. The second kappa shape index (κ2) is 6.37. The predicted octanol–water partition coefficient (Wildman–Crippen LogP) is 4.76. The van der Waals surface area contributed by atoms with Gasteiger partial charge in [0, 0.05) is 23.5 Å². The molecule has 0 aliphatic carbocycles. The van der Waals surface area contributed by atoms with E-state index in [1.807, 2.05) is 0 Å². The Balaban J connectivity index is 2.23.